The van der Waals surface area contributed by atoms with Gasteiger partial charge in [0.05, 0.1) is 12.7 Å². The highest BCUT2D eigenvalue weighted by atomic mass is 79.9. The summed E-state index contributed by atoms with van der Waals surface area (Å²) in [6.07, 6.45) is 0.382. The number of nitrogens with zero attached hydrogens (tertiary/aromatic N) is 1. The van der Waals surface area contributed by atoms with Crippen LogP contribution in [-0.4, -0.2) is 30.7 Å². The molecular weight excluding hydrogens is 262 g/mol. The van der Waals surface area contributed by atoms with E-state index in [1.54, 1.807) is 0 Å². The summed E-state index contributed by atoms with van der Waals surface area (Å²) in [5.41, 5.74) is 0. The summed E-state index contributed by atoms with van der Waals surface area (Å²) in [6, 6.07) is 2.20. The first kappa shape index (κ1) is 10.6. The van der Waals surface area contributed by atoms with Gasteiger partial charge in [-0.05, 0) is 28.9 Å². The van der Waals surface area contributed by atoms with Crippen molar-refractivity contribution in [1.29, 1.82) is 0 Å². The zero-order chi connectivity index (χ0) is 9.97. The molecule has 14 heavy (non-hydrogen) atoms. The molecule has 0 saturated carbocycles. The fraction of sp³-hybridized carbons (Fsp3) is 0.600. The van der Waals surface area contributed by atoms with E-state index in [1.165, 1.54) is 9.35 Å². The topological polar surface area (TPSA) is 12.5 Å². The van der Waals surface area contributed by atoms with Gasteiger partial charge in [0, 0.05) is 34.4 Å². The van der Waals surface area contributed by atoms with Gasteiger partial charge in [-0.25, -0.2) is 0 Å². The van der Waals surface area contributed by atoms with Crippen LogP contribution in [0.3, 0.4) is 0 Å². The lowest BCUT2D eigenvalue weighted by Crippen LogP contribution is -2.40. The first-order valence-electron chi connectivity index (χ1n) is 4.81. The Hall–Kier alpha value is 0.1000. The van der Waals surface area contributed by atoms with Gasteiger partial charge < -0.3 is 4.74 Å². The monoisotopic (exact) mass is 275 g/mol. The number of ether oxygens (including phenoxy) is 1. The molecule has 1 fully saturated rings. The van der Waals surface area contributed by atoms with Crippen LogP contribution in [0.1, 0.15) is 11.8 Å². The largest absolute Gasteiger partial charge is 0.376 e. The molecule has 0 bridgehead atoms. The Balaban J connectivity index is 1.90. The second-order valence-corrected chi connectivity index (χ2v) is 5.56. The Morgan fingerprint density at radius 3 is 3.21 bits per heavy atom. The Bertz CT molecular complexity index is 302. The van der Waals surface area contributed by atoms with E-state index >= 15 is 0 Å². The van der Waals surface area contributed by atoms with Gasteiger partial charge in [0.25, 0.3) is 0 Å². The van der Waals surface area contributed by atoms with Crippen LogP contribution in [0.15, 0.2) is 15.9 Å². The number of halogens is 1. The third-order valence-corrected chi connectivity index (χ3v) is 4.01. The van der Waals surface area contributed by atoms with Crippen molar-refractivity contribution in [3.8, 4) is 0 Å². The third-order valence-electron chi connectivity index (χ3n) is 2.33. The molecule has 2 rings (SSSR count). The van der Waals surface area contributed by atoms with Gasteiger partial charge in [-0.15, -0.1) is 11.3 Å². The normalized spacial score (nSPS) is 24.0. The van der Waals surface area contributed by atoms with E-state index in [4.69, 9.17) is 4.74 Å². The molecule has 1 saturated heterocycles. The SMILES string of the molecule is CC1CN(Cc2cc(Br)cs2)CCO1. The molecule has 1 unspecified atom stereocenters. The highest BCUT2D eigenvalue weighted by molar-refractivity contribution is 9.10. The fourth-order valence-corrected chi connectivity index (χ4v) is 3.18. The average molecular weight is 276 g/mol. The summed E-state index contributed by atoms with van der Waals surface area (Å²) in [5.74, 6) is 0. The minimum Gasteiger partial charge on any atom is -0.376 e. The van der Waals surface area contributed by atoms with E-state index in [0.29, 0.717) is 6.10 Å². The molecule has 1 aromatic rings. The molecule has 2 nitrogen and oxygen atoms in total. The van der Waals surface area contributed by atoms with E-state index in [9.17, 15) is 0 Å². The number of rotatable bonds is 2. The highest BCUT2D eigenvalue weighted by Gasteiger charge is 2.16. The van der Waals surface area contributed by atoms with Gasteiger partial charge in [0.2, 0.25) is 0 Å². The average Bonchev–Trinajstić information content (AvgIpc) is 2.51. The van der Waals surface area contributed by atoms with Crippen LogP contribution in [0.25, 0.3) is 0 Å². The molecule has 0 aliphatic carbocycles. The van der Waals surface area contributed by atoms with Crippen molar-refractivity contribution in [2.24, 2.45) is 0 Å². The van der Waals surface area contributed by atoms with Gasteiger partial charge in [-0.1, -0.05) is 0 Å². The number of morpholine rings is 1. The summed E-state index contributed by atoms with van der Waals surface area (Å²) in [5, 5.41) is 2.14. The van der Waals surface area contributed by atoms with Gasteiger partial charge >= 0.3 is 0 Å². The van der Waals surface area contributed by atoms with E-state index < -0.39 is 0 Å². The summed E-state index contributed by atoms with van der Waals surface area (Å²) in [4.78, 5) is 3.87. The Labute approximate surface area is 97.0 Å². The smallest absolute Gasteiger partial charge is 0.0674 e. The first-order valence-corrected chi connectivity index (χ1v) is 6.48. The zero-order valence-corrected chi connectivity index (χ0v) is 10.6. The zero-order valence-electron chi connectivity index (χ0n) is 8.20. The molecular formula is C10H14BrNOS. The lowest BCUT2D eigenvalue weighted by Gasteiger charge is -2.30. The minimum atomic E-state index is 0.382. The van der Waals surface area contributed by atoms with Crippen molar-refractivity contribution in [1.82, 2.24) is 4.90 Å². The quantitative estimate of drug-likeness (QED) is 0.823. The van der Waals surface area contributed by atoms with Crippen molar-refractivity contribution in [3.05, 3.63) is 20.8 Å². The third kappa shape index (κ3) is 2.79. The van der Waals surface area contributed by atoms with Crippen LogP contribution in [-0.2, 0) is 11.3 Å². The lowest BCUT2D eigenvalue weighted by molar-refractivity contribution is -0.0208. The standard InChI is InChI=1S/C10H14BrNOS/c1-8-5-12(2-3-13-8)6-10-4-9(11)7-14-10/h4,7-8H,2-3,5-6H2,1H3. The lowest BCUT2D eigenvalue weighted by atomic mass is 10.3. The summed E-state index contributed by atoms with van der Waals surface area (Å²) in [7, 11) is 0. The van der Waals surface area contributed by atoms with Crippen molar-refractivity contribution in [2.75, 3.05) is 19.7 Å². The molecule has 0 N–H and O–H groups in total. The Morgan fingerprint density at radius 2 is 2.57 bits per heavy atom. The molecule has 4 heteroatoms. The minimum absolute atomic E-state index is 0.382. The van der Waals surface area contributed by atoms with Crippen LogP contribution in [0, 0.1) is 0 Å². The van der Waals surface area contributed by atoms with Gasteiger partial charge in [-0.2, -0.15) is 0 Å². The van der Waals surface area contributed by atoms with Crippen molar-refractivity contribution in [2.45, 2.75) is 19.6 Å². The molecule has 0 radical (unpaired) electrons. The predicted molar refractivity (Wildman–Crippen MR) is 62.7 cm³/mol. The van der Waals surface area contributed by atoms with E-state index in [0.717, 1.165) is 26.2 Å². The van der Waals surface area contributed by atoms with Crippen LogP contribution in [0.2, 0.25) is 0 Å². The molecule has 0 amide bonds. The highest BCUT2D eigenvalue weighted by Crippen LogP contribution is 2.21. The number of hydrogen-bond donors (Lipinski definition) is 0. The van der Waals surface area contributed by atoms with Gasteiger partial charge in [-0.3, -0.25) is 4.90 Å². The molecule has 1 aliphatic heterocycles. The number of hydrogen-bond acceptors (Lipinski definition) is 3. The molecule has 0 aromatic carbocycles. The van der Waals surface area contributed by atoms with Gasteiger partial charge in [0.15, 0.2) is 0 Å². The molecule has 0 spiro atoms. The van der Waals surface area contributed by atoms with E-state index in [2.05, 4.69) is 39.2 Å². The summed E-state index contributed by atoms with van der Waals surface area (Å²) >= 11 is 5.29. The Morgan fingerprint density at radius 1 is 1.71 bits per heavy atom. The second-order valence-electron chi connectivity index (χ2n) is 3.65. The predicted octanol–water partition coefficient (Wildman–Crippen LogP) is 2.73. The molecule has 2 heterocycles. The van der Waals surface area contributed by atoms with Crippen molar-refractivity contribution < 1.29 is 4.74 Å². The van der Waals surface area contributed by atoms with Crippen LogP contribution < -0.4 is 0 Å². The van der Waals surface area contributed by atoms with Crippen molar-refractivity contribution in [3.63, 3.8) is 0 Å². The van der Waals surface area contributed by atoms with Gasteiger partial charge in [0.1, 0.15) is 0 Å². The second kappa shape index (κ2) is 4.75. The van der Waals surface area contributed by atoms with E-state index in [1.807, 2.05) is 11.3 Å². The fourth-order valence-electron chi connectivity index (χ4n) is 1.69. The maximum Gasteiger partial charge on any atom is 0.0674 e. The summed E-state index contributed by atoms with van der Waals surface area (Å²) < 4.78 is 6.70. The van der Waals surface area contributed by atoms with Crippen LogP contribution in [0.5, 0.6) is 0 Å². The molecule has 1 atom stereocenters. The molecule has 1 aliphatic rings. The maximum absolute atomic E-state index is 5.50. The first-order chi connectivity index (χ1) is 6.74. The van der Waals surface area contributed by atoms with Crippen molar-refractivity contribution >= 4 is 27.3 Å². The molecule has 1 aromatic heterocycles. The number of thiophene rings is 1. The summed E-state index contributed by atoms with van der Waals surface area (Å²) in [6.45, 7) is 6.17. The van der Waals surface area contributed by atoms with Crippen LogP contribution >= 0.6 is 27.3 Å². The van der Waals surface area contributed by atoms with Crippen LogP contribution in [0.4, 0.5) is 0 Å². The van der Waals surface area contributed by atoms with E-state index in [-0.39, 0.29) is 0 Å². The maximum atomic E-state index is 5.50. The Kier molecular flexibility index (Phi) is 3.60. The molecule has 78 valence electrons.